The number of fused-ring (bicyclic) bond motifs is 9. The van der Waals surface area contributed by atoms with E-state index < -0.39 is 0 Å². The van der Waals surface area contributed by atoms with Crippen molar-refractivity contribution < 1.29 is 8.83 Å². The Labute approximate surface area is 373 Å². The zero-order valence-corrected chi connectivity index (χ0v) is 35.4. The Kier molecular flexibility index (Phi) is 8.40. The Morgan fingerprint density at radius 3 is 1.41 bits per heavy atom. The minimum absolute atomic E-state index is 0.883. The van der Waals surface area contributed by atoms with Crippen molar-refractivity contribution in [2.75, 3.05) is 4.90 Å². The molecule has 0 fully saturated rings. The van der Waals surface area contributed by atoms with Crippen LogP contribution < -0.4 is 4.90 Å². The molecule has 0 aliphatic carbocycles. The van der Waals surface area contributed by atoms with Gasteiger partial charge in [-0.3, -0.25) is 0 Å². The number of furan rings is 2. The van der Waals surface area contributed by atoms with Crippen LogP contribution in [0.1, 0.15) is 0 Å². The van der Waals surface area contributed by atoms with Gasteiger partial charge < -0.3 is 13.7 Å². The summed E-state index contributed by atoms with van der Waals surface area (Å²) in [5.41, 5.74) is 16.1. The van der Waals surface area contributed by atoms with Crippen molar-refractivity contribution in [3.8, 4) is 44.5 Å². The quantitative estimate of drug-likeness (QED) is 0.160. The number of rotatable bonds is 7. The summed E-state index contributed by atoms with van der Waals surface area (Å²) in [6, 6.07) is 80.4. The topological polar surface area (TPSA) is 29.5 Å². The summed E-state index contributed by atoms with van der Waals surface area (Å²) >= 11 is 1.86. The number of benzene rings is 10. The molecule has 0 saturated carbocycles. The fraction of sp³-hybridized carbons (Fsp3) is 0. The predicted octanol–water partition coefficient (Wildman–Crippen LogP) is 18.0. The van der Waals surface area contributed by atoms with Crippen molar-refractivity contribution in [1.29, 1.82) is 0 Å². The van der Waals surface area contributed by atoms with Gasteiger partial charge in [-0.2, -0.15) is 0 Å². The summed E-state index contributed by atoms with van der Waals surface area (Å²) in [6.45, 7) is 0. The summed E-state index contributed by atoms with van der Waals surface area (Å²) in [5.74, 6) is 0. The average molecular weight is 836 g/mol. The molecule has 0 saturated heterocycles. The molecule has 0 spiro atoms. The van der Waals surface area contributed by atoms with Crippen molar-refractivity contribution in [3.63, 3.8) is 0 Å². The van der Waals surface area contributed by atoms with Gasteiger partial charge in [0.25, 0.3) is 0 Å². The number of para-hydroxylation sites is 1. The molecule has 4 heteroatoms. The summed E-state index contributed by atoms with van der Waals surface area (Å²) in [7, 11) is 0. The van der Waals surface area contributed by atoms with Crippen LogP contribution in [0.25, 0.3) is 109 Å². The van der Waals surface area contributed by atoms with Gasteiger partial charge >= 0.3 is 0 Å². The molecule has 3 nitrogen and oxygen atoms in total. The third-order valence-electron chi connectivity index (χ3n) is 12.7. The number of hydrogen-bond donors (Lipinski definition) is 0. The third-order valence-corrected chi connectivity index (χ3v) is 13.9. The van der Waals surface area contributed by atoms with Gasteiger partial charge in [-0.05, 0) is 129 Å². The smallest absolute Gasteiger partial charge is 0.136 e. The first kappa shape index (κ1) is 36.5. The SMILES string of the molecule is c1ccc(-c2ccc3c(c2)oc2cc(-c4ccc(N(c5ccc(-c6cccc7oc8ccccc8c67)cc5)c5ccc(-c6cccc7sc8ccccc8c67)cc5)cc4)ccc23)cc1. The number of nitrogens with zero attached hydrogens (tertiary/aromatic N) is 1. The number of thiophene rings is 1. The van der Waals surface area contributed by atoms with Crippen molar-refractivity contribution >= 4 is 92.4 Å². The highest BCUT2D eigenvalue weighted by Crippen LogP contribution is 2.43. The van der Waals surface area contributed by atoms with E-state index in [9.17, 15) is 0 Å². The highest BCUT2D eigenvalue weighted by molar-refractivity contribution is 7.25. The maximum atomic E-state index is 6.50. The van der Waals surface area contributed by atoms with Crippen LogP contribution >= 0.6 is 11.3 Å². The molecule has 0 radical (unpaired) electrons. The molecule has 3 heterocycles. The largest absolute Gasteiger partial charge is 0.456 e. The van der Waals surface area contributed by atoms with Gasteiger partial charge in [-0.15, -0.1) is 11.3 Å². The van der Waals surface area contributed by atoms with E-state index in [1.165, 1.54) is 36.9 Å². The van der Waals surface area contributed by atoms with Crippen LogP contribution in [0.5, 0.6) is 0 Å². The molecule has 0 bridgehead atoms. The van der Waals surface area contributed by atoms with E-state index in [0.29, 0.717) is 0 Å². The molecule has 13 rings (SSSR count). The Morgan fingerprint density at radius 1 is 0.281 bits per heavy atom. The minimum Gasteiger partial charge on any atom is -0.456 e. The lowest BCUT2D eigenvalue weighted by molar-refractivity contribution is 0.668. The van der Waals surface area contributed by atoms with Gasteiger partial charge in [0.2, 0.25) is 0 Å². The van der Waals surface area contributed by atoms with E-state index in [4.69, 9.17) is 8.83 Å². The fourth-order valence-corrected chi connectivity index (χ4v) is 10.8. The molecule has 0 aliphatic rings. The molecule has 0 aliphatic heterocycles. The highest BCUT2D eigenvalue weighted by atomic mass is 32.1. The molecular formula is C60H37NO2S. The average Bonchev–Trinajstić information content (AvgIpc) is 4.06. The zero-order chi connectivity index (χ0) is 42.1. The molecule has 13 aromatic rings. The molecule has 10 aromatic carbocycles. The first-order valence-corrected chi connectivity index (χ1v) is 22.5. The zero-order valence-electron chi connectivity index (χ0n) is 34.5. The first-order chi connectivity index (χ1) is 31.7. The molecule has 0 unspecified atom stereocenters. The minimum atomic E-state index is 0.883. The van der Waals surface area contributed by atoms with Crippen LogP contribution in [-0.4, -0.2) is 0 Å². The van der Waals surface area contributed by atoms with Crippen LogP contribution in [-0.2, 0) is 0 Å². The second-order valence-electron chi connectivity index (χ2n) is 16.4. The predicted molar refractivity (Wildman–Crippen MR) is 270 cm³/mol. The summed E-state index contributed by atoms with van der Waals surface area (Å²) in [5, 5.41) is 7.13. The van der Waals surface area contributed by atoms with E-state index >= 15 is 0 Å². The normalized spacial score (nSPS) is 11.8. The summed E-state index contributed by atoms with van der Waals surface area (Å²) < 4.78 is 15.4. The van der Waals surface area contributed by atoms with Crippen molar-refractivity contribution in [3.05, 3.63) is 224 Å². The molecular weight excluding hydrogens is 799 g/mol. The van der Waals surface area contributed by atoms with Gasteiger partial charge in [-0.1, -0.05) is 140 Å². The lowest BCUT2D eigenvalue weighted by Crippen LogP contribution is -2.09. The maximum absolute atomic E-state index is 6.50. The van der Waals surface area contributed by atoms with Gasteiger partial charge in [0.05, 0.1) is 0 Å². The third kappa shape index (κ3) is 6.03. The maximum Gasteiger partial charge on any atom is 0.136 e. The standard InChI is InChI=1S/C60H37NO2S/c1-2-10-38(11-3-1)42-26-34-49-50-35-27-43(37-56(50)63-55(49)36-42)39-20-28-44(29-21-39)61(45-30-22-40(23-31-45)47-14-8-17-54-59(47)51-12-4-6-16-53(51)62-54)46-32-24-41(25-33-46)48-15-9-19-58-60(48)52-13-5-7-18-57(52)64-58/h1-37H. The van der Waals surface area contributed by atoms with E-state index in [0.717, 1.165) is 88.8 Å². The summed E-state index contributed by atoms with van der Waals surface area (Å²) in [4.78, 5) is 2.35. The lowest BCUT2D eigenvalue weighted by atomic mass is 9.98. The van der Waals surface area contributed by atoms with Crippen LogP contribution in [0, 0.1) is 0 Å². The fourth-order valence-electron chi connectivity index (χ4n) is 9.63. The van der Waals surface area contributed by atoms with Crippen molar-refractivity contribution in [1.82, 2.24) is 0 Å². The molecule has 3 aromatic heterocycles. The van der Waals surface area contributed by atoms with E-state index in [-0.39, 0.29) is 0 Å². The van der Waals surface area contributed by atoms with Crippen LogP contribution in [0.15, 0.2) is 233 Å². The molecule has 300 valence electrons. The number of anilines is 3. The monoisotopic (exact) mass is 835 g/mol. The summed E-state index contributed by atoms with van der Waals surface area (Å²) in [6.07, 6.45) is 0. The molecule has 64 heavy (non-hydrogen) atoms. The lowest BCUT2D eigenvalue weighted by Gasteiger charge is -2.26. The van der Waals surface area contributed by atoms with Crippen molar-refractivity contribution in [2.45, 2.75) is 0 Å². The van der Waals surface area contributed by atoms with Gasteiger partial charge in [0.1, 0.15) is 22.3 Å². The Bertz CT molecular complexity index is 3720. The van der Waals surface area contributed by atoms with Gasteiger partial charge in [0, 0.05) is 58.8 Å². The van der Waals surface area contributed by atoms with Crippen LogP contribution in [0.3, 0.4) is 0 Å². The van der Waals surface area contributed by atoms with Crippen LogP contribution in [0.2, 0.25) is 0 Å². The second-order valence-corrected chi connectivity index (χ2v) is 17.5. The van der Waals surface area contributed by atoms with Crippen LogP contribution in [0.4, 0.5) is 17.1 Å². The molecule has 0 atom stereocenters. The Balaban J connectivity index is 0.884. The van der Waals surface area contributed by atoms with Gasteiger partial charge in [0.15, 0.2) is 0 Å². The van der Waals surface area contributed by atoms with E-state index in [1.807, 2.05) is 29.5 Å². The van der Waals surface area contributed by atoms with Gasteiger partial charge in [-0.25, -0.2) is 0 Å². The Morgan fingerprint density at radius 2 is 0.750 bits per heavy atom. The van der Waals surface area contributed by atoms with E-state index in [1.54, 1.807) is 0 Å². The second kappa shape index (κ2) is 14.7. The molecule has 0 amide bonds. The first-order valence-electron chi connectivity index (χ1n) is 21.6. The number of hydrogen-bond acceptors (Lipinski definition) is 4. The molecule has 0 N–H and O–H groups in total. The Hall–Kier alpha value is -8.18. The van der Waals surface area contributed by atoms with Crippen molar-refractivity contribution in [2.24, 2.45) is 0 Å². The highest BCUT2D eigenvalue weighted by Gasteiger charge is 2.18. The van der Waals surface area contributed by atoms with E-state index in [2.05, 4.69) is 211 Å².